The lowest BCUT2D eigenvalue weighted by Gasteiger charge is -2.19. The second-order valence-electron chi connectivity index (χ2n) is 7.88. The van der Waals surface area contributed by atoms with Gasteiger partial charge in [0.15, 0.2) is 11.6 Å². The van der Waals surface area contributed by atoms with E-state index in [1.165, 1.54) is 18.2 Å². The summed E-state index contributed by atoms with van der Waals surface area (Å²) in [4.78, 5) is 23.7. The van der Waals surface area contributed by atoms with Gasteiger partial charge in [0, 0.05) is 24.7 Å². The van der Waals surface area contributed by atoms with Crippen LogP contribution in [0.4, 0.5) is 14.5 Å². The lowest BCUT2D eigenvalue weighted by Crippen LogP contribution is -2.35. The zero-order chi connectivity index (χ0) is 23.2. The van der Waals surface area contributed by atoms with E-state index < -0.39 is 40.0 Å². The maximum atomic E-state index is 13.1. The van der Waals surface area contributed by atoms with Crippen molar-refractivity contribution in [3.05, 3.63) is 59.7 Å². The van der Waals surface area contributed by atoms with Crippen LogP contribution >= 0.6 is 0 Å². The van der Waals surface area contributed by atoms with E-state index >= 15 is 0 Å². The predicted octanol–water partition coefficient (Wildman–Crippen LogP) is 2.69. The molecule has 0 saturated heterocycles. The van der Waals surface area contributed by atoms with Crippen molar-refractivity contribution in [2.75, 3.05) is 18.4 Å². The van der Waals surface area contributed by atoms with Crippen LogP contribution < -0.4 is 15.4 Å². The summed E-state index contributed by atoms with van der Waals surface area (Å²) in [6, 6.07) is 9.36. The fraction of sp³-hybridized carbons (Fsp3) is 0.333. The van der Waals surface area contributed by atoms with Crippen molar-refractivity contribution in [1.82, 2.24) is 10.0 Å². The van der Waals surface area contributed by atoms with E-state index in [1.807, 2.05) is 20.8 Å². The largest absolute Gasteiger partial charge is 0.347 e. The third-order valence-corrected chi connectivity index (χ3v) is 5.80. The SMILES string of the molecule is CC(C)(C)c1ccc(S(=O)(=O)NCCC(=O)NCC(=O)Nc2ccc(F)c(F)c2)cc1. The Hall–Kier alpha value is -2.85. The molecule has 0 radical (unpaired) electrons. The van der Waals surface area contributed by atoms with Crippen molar-refractivity contribution in [3.63, 3.8) is 0 Å². The smallest absolute Gasteiger partial charge is 0.243 e. The molecule has 0 saturated carbocycles. The summed E-state index contributed by atoms with van der Waals surface area (Å²) >= 11 is 0. The molecule has 31 heavy (non-hydrogen) atoms. The molecule has 0 atom stereocenters. The summed E-state index contributed by atoms with van der Waals surface area (Å²) in [5, 5.41) is 4.64. The van der Waals surface area contributed by atoms with Gasteiger partial charge in [-0.1, -0.05) is 32.9 Å². The molecule has 0 aromatic heterocycles. The molecule has 0 heterocycles. The van der Waals surface area contributed by atoms with E-state index in [0.717, 1.165) is 17.7 Å². The second kappa shape index (κ2) is 9.97. The quantitative estimate of drug-likeness (QED) is 0.572. The number of halogens is 2. The van der Waals surface area contributed by atoms with Gasteiger partial charge in [0.25, 0.3) is 0 Å². The van der Waals surface area contributed by atoms with Crippen molar-refractivity contribution in [3.8, 4) is 0 Å². The Morgan fingerprint density at radius 2 is 1.58 bits per heavy atom. The molecule has 0 aliphatic rings. The average molecular weight is 454 g/mol. The van der Waals surface area contributed by atoms with Crippen LogP contribution in [0.25, 0.3) is 0 Å². The molecule has 0 aliphatic heterocycles. The summed E-state index contributed by atoms with van der Waals surface area (Å²) in [7, 11) is -3.77. The highest BCUT2D eigenvalue weighted by Gasteiger charge is 2.18. The summed E-state index contributed by atoms with van der Waals surface area (Å²) in [5.74, 6) is -3.34. The molecule has 10 heteroatoms. The standard InChI is InChI=1S/C21H25F2N3O4S/c1-21(2,3)14-4-7-16(8-5-14)31(29,30)25-11-10-19(27)24-13-20(28)26-15-6-9-17(22)18(23)12-15/h4-9,12,25H,10-11,13H2,1-3H3,(H,24,27)(H,26,28). The van der Waals surface area contributed by atoms with Crippen molar-refractivity contribution in [2.24, 2.45) is 0 Å². The van der Waals surface area contributed by atoms with Gasteiger partial charge in [0.1, 0.15) is 0 Å². The maximum absolute atomic E-state index is 13.1. The van der Waals surface area contributed by atoms with Crippen molar-refractivity contribution >= 4 is 27.5 Å². The van der Waals surface area contributed by atoms with Gasteiger partial charge in [-0.15, -0.1) is 0 Å². The van der Waals surface area contributed by atoms with Gasteiger partial charge in [-0.2, -0.15) is 0 Å². The lowest BCUT2D eigenvalue weighted by molar-refractivity contribution is -0.124. The van der Waals surface area contributed by atoms with Gasteiger partial charge in [-0.05, 0) is 35.2 Å². The van der Waals surface area contributed by atoms with Crippen LogP contribution in [0, 0.1) is 11.6 Å². The molecular weight excluding hydrogens is 428 g/mol. The lowest BCUT2D eigenvalue weighted by atomic mass is 9.87. The monoisotopic (exact) mass is 453 g/mol. The van der Waals surface area contributed by atoms with Gasteiger partial charge in [-0.25, -0.2) is 21.9 Å². The number of carbonyl (C=O) groups excluding carboxylic acids is 2. The number of anilines is 1. The van der Waals surface area contributed by atoms with Gasteiger partial charge in [0.2, 0.25) is 21.8 Å². The average Bonchev–Trinajstić information content (AvgIpc) is 2.68. The summed E-state index contributed by atoms with van der Waals surface area (Å²) in [5.41, 5.74) is 0.932. The summed E-state index contributed by atoms with van der Waals surface area (Å²) in [6.07, 6.45) is -0.183. The number of carbonyl (C=O) groups is 2. The molecule has 168 valence electrons. The minimum absolute atomic E-state index is 0.0448. The summed E-state index contributed by atoms with van der Waals surface area (Å²) in [6.45, 7) is 5.50. The van der Waals surface area contributed by atoms with Gasteiger partial charge in [0.05, 0.1) is 11.4 Å². The summed E-state index contributed by atoms with van der Waals surface area (Å²) < 4.78 is 53.0. The van der Waals surface area contributed by atoms with Crippen LogP contribution in [0.15, 0.2) is 47.4 Å². The third-order valence-electron chi connectivity index (χ3n) is 4.32. The third kappa shape index (κ3) is 7.41. The van der Waals surface area contributed by atoms with E-state index in [9.17, 15) is 26.8 Å². The van der Waals surface area contributed by atoms with Crippen LogP contribution in [0.2, 0.25) is 0 Å². The predicted molar refractivity (Wildman–Crippen MR) is 113 cm³/mol. The fourth-order valence-corrected chi connectivity index (χ4v) is 3.59. The van der Waals surface area contributed by atoms with Crippen LogP contribution in [0.1, 0.15) is 32.8 Å². The van der Waals surface area contributed by atoms with E-state index in [2.05, 4.69) is 15.4 Å². The highest BCUT2D eigenvalue weighted by Crippen LogP contribution is 2.23. The first kappa shape index (κ1) is 24.4. The molecule has 0 bridgehead atoms. The van der Waals surface area contributed by atoms with E-state index in [-0.39, 0.29) is 29.0 Å². The molecule has 3 N–H and O–H groups in total. The Balaban J connectivity index is 1.77. The van der Waals surface area contributed by atoms with Crippen LogP contribution in [-0.4, -0.2) is 33.3 Å². The molecule has 0 spiro atoms. The molecular formula is C21H25F2N3O4S. The minimum atomic E-state index is -3.77. The zero-order valence-corrected chi connectivity index (χ0v) is 18.3. The highest BCUT2D eigenvalue weighted by atomic mass is 32.2. The van der Waals surface area contributed by atoms with E-state index in [1.54, 1.807) is 12.1 Å². The Morgan fingerprint density at radius 3 is 2.16 bits per heavy atom. The fourth-order valence-electron chi connectivity index (χ4n) is 2.56. The van der Waals surface area contributed by atoms with Gasteiger partial charge >= 0.3 is 0 Å². The number of amides is 2. The molecule has 2 amide bonds. The Labute approximate surface area is 180 Å². The van der Waals surface area contributed by atoms with Gasteiger partial charge < -0.3 is 10.6 Å². The minimum Gasteiger partial charge on any atom is -0.347 e. The van der Waals surface area contributed by atoms with E-state index in [4.69, 9.17) is 0 Å². The molecule has 0 aliphatic carbocycles. The molecule has 7 nitrogen and oxygen atoms in total. The molecule has 2 aromatic rings. The number of hydrogen-bond donors (Lipinski definition) is 3. The maximum Gasteiger partial charge on any atom is 0.243 e. The van der Waals surface area contributed by atoms with Crippen molar-refractivity contribution in [2.45, 2.75) is 37.5 Å². The molecule has 0 unspecified atom stereocenters. The van der Waals surface area contributed by atoms with Gasteiger partial charge in [-0.3, -0.25) is 9.59 Å². The second-order valence-corrected chi connectivity index (χ2v) is 9.64. The Kier molecular flexibility index (Phi) is 7.85. The highest BCUT2D eigenvalue weighted by molar-refractivity contribution is 7.89. The molecule has 2 aromatic carbocycles. The Bertz CT molecular complexity index is 1050. The van der Waals surface area contributed by atoms with Crippen LogP contribution in [0.3, 0.4) is 0 Å². The number of hydrogen-bond acceptors (Lipinski definition) is 4. The molecule has 0 fully saturated rings. The number of sulfonamides is 1. The number of benzene rings is 2. The van der Waals surface area contributed by atoms with Crippen LogP contribution in [-0.2, 0) is 25.0 Å². The van der Waals surface area contributed by atoms with Crippen molar-refractivity contribution < 1.29 is 26.8 Å². The van der Waals surface area contributed by atoms with Crippen molar-refractivity contribution in [1.29, 1.82) is 0 Å². The first-order valence-electron chi connectivity index (χ1n) is 9.50. The first-order valence-corrected chi connectivity index (χ1v) is 11.0. The first-order chi connectivity index (χ1) is 14.4. The number of rotatable bonds is 8. The Morgan fingerprint density at radius 1 is 0.935 bits per heavy atom. The van der Waals surface area contributed by atoms with Crippen LogP contribution in [0.5, 0.6) is 0 Å². The normalized spacial score (nSPS) is 11.8. The number of nitrogens with one attached hydrogen (secondary N) is 3. The van der Waals surface area contributed by atoms with E-state index in [0.29, 0.717) is 0 Å². The molecule has 2 rings (SSSR count). The zero-order valence-electron chi connectivity index (χ0n) is 17.5. The topological polar surface area (TPSA) is 104 Å².